The number of benzene rings is 2. The van der Waals surface area contributed by atoms with E-state index in [4.69, 9.17) is 9.47 Å². The van der Waals surface area contributed by atoms with Crippen molar-refractivity contribution in [3.63, 3.8) is 0 Å². The molecule has 0 spiro atoms. The van der Waals surface area contributed by atoms with Gasteiger partial charge >= 0.3 is 5.97 Å². The number of sulfonamides is 1. The van der Waals surface area contributed by atoms with E-state index in [1.54, 1.807) is 6.92 Å². The molecule has 0 aliphatic carbocycles. The Morgan fingerprint density at radius 2 is 1.84 bits per heavy atom. The summed E-state index contributed by atoms with van der Waals surface area (Å²) in [6.07, 6.45) is 1.53. The molecule has 2 aromatic rings. The van der Waals surface area contributed by atoms with Crippen molar-refractivity contribution < 1.29 is 31.9 Å². The van der Waals surface area contributed by atoms with Gasteiger partial charge in [-0.3, -0.25) is 4.79 Å². The fraction of sp³-hybridized carbons (Fsp3) is 0.333. The SMILES string of the molecule is COc1ccc(C(=O)OCC(=O)Nc2cc(F)ccc2C)cc1S(=O)(=O)N1CCCC1. The van der Waals surface area contributed by atoms with Gasteiger partial charge in [0.15, 0.2) is 6.61 Å². The van der Waals surface area contributed by atoms with Crippen molar-refractivity contribution >= 4 is 27.6 Å². The molecule has 1 aliphatic heterocycles. The number of amides is 1. The van der Waals surface area contributed by atoms with Crippen molar-refractivity contribution in [1.29, 1.82) is 0 Å². The summed E-state index contributed by atoms with van der Waals surface area (Å²) < 4.78 is 50.7. The van der Waals surface area contributed by atoms with Crippen LogP contribution in [0.1, 0.15) is 28.8 Å². The Kier molecular flexibility index (Phi) is 6.91. The molecule has 0 bridgehead atoms. The maximum atomic E-state index is 13.3. The van der Waals surface area contributed by atoms with Crippen molar-refractivity contribution in [3.05, 3.63) is 53.3 Å². The predicted molar refractivity (Wildman–Crippen MR) is 111 cm³/mol. The molecule has 31 heavy (non-hydrogen) atoms. The molecule has 0 unspecified atom stereocenters. The molecule has 1 N–H and O–H groups in total. The number of halogens is 1. The summed E-state index contributed by atoms with van der Waals surface area (Å²) >= 11 is 0. The first-order valence-electron chi connectivity index (χ1n) is 9.63. The highest BCUT2D eigenvalue weighted by atomic mass is 32.2. The molecule has 1 amide bonds. The second kappa shape index (κ2) is 9.44. The van der Waals surface area contributed by atoms with Gasteiger partial charge in [-0.1, -0.05) is 6.07 Å². The van der Waals surface area contributed by atoms with Gasteiger partial charge in [-0.05, 0) is 55.7 Å². The highest BCUT2D eigenvalue weighted by Crippen LogP contribution is 2.30. The molecule has 10 heteroatoms. The lowest BCUT2D eigenvalue weighted by Crippen LogP contribution is -2.28. The summed E-state index contributed by atoms with van der Waals surface area (Å²) in [4.78, 5) is 24.4. The number of carbonyl (C=O) groups excluding carboxylic acids is 2. The van der Waals surface area contributed by atoms with E-state index in [-0.39, 0.29) is 21.9 Å². The largest absolute Gasteiger partial charge is 0.495 e. The van der Waals surface area contributed by atoms with Crippen LogP contribution in [-0.4, -0.2) is 51.4 Å². The number of aryl methyl sites for hydroxylation is 1. The molecule has 0 aromatic heterocycles. The molecule has 0 atom stereocenters. The Morgan fingerprint density at radius 1 is 1.13 bits per heavy atom. The Morgan fingerprint density at radius 3 is 2.52 bits per heavy atom. The third-order valence-electron chi connectivity index (χ3n) is 4.89. The number of ether oxygens (including phenoxy) is 2. The van der Waals surface area contributed by atoms with Crippen molar-refractivity contribution in [2.24, 2.45) is 0 Å². The smallest absolute Gasteiger partial charge is 0.338 e. The second-order valence-corrected chi connectivity index (χ2v) is 8.97. The lowest BCUT2D eigenvalue weighted by Gasteiger charge is -2.18. The fourth-order valence-corrected chi connectivity index (χ4v) is 4.90. The van der Waals surface area contributed by atoms with E-state index in [0.717, 1.165) is 18.9 Å². The van der Waals surface area contributed by atoms with Gasteiger partial charge in [0.25, 0.3) is 5.91 Å². The number of anilines is 1. The van der Waals surface area contributed by atoms with Gasteiger partial charge in [0.05, 0.1) is 12.7 Å². The molecular formula is C21H23FN2O6S. The van der Waals surface area contributed by atoms with Gasteiger partial charge in [-0.2, -0.15) is 4.31 Å². The lowest BCUT2D eigenvalue weighted by molar-refractivity contribution is -0.119. The van der Waals surface area contributed by atoms with Gasteiger partial charge in [0, 0.05) is 18.8 Å². The Bertz CT molecular complexity index is 1100. The number of nitrogens with zero attached hydrogens (tertiary/aromatic N) is 1. The van der Waals surface area contributed by atoms with Gasteiger partial charge in [0.2, 0.25) is 10.0 Å². The number of rotatable bonds is 7. The zero-order chi connectivity index (χ0) is 22.6. The van der Waals surface area contributed by atoms with Crippen LogP contribution in [0.3, 0.4) is 0 Å². The quantitative estimate of drug-likeness (QED) is 0.651. The predicted octanol–water partition coefficient (Wildman–Crippen LogP) is 2.72. The van der Waals surface area contributed by atoms with E-state index >= 15 is 0 Å². The van der Waals surface area contributed by atoms with Crippen LogP contribution >= 0.6 is 0 Å². The molecule has 1 saturated heterocycles. The van der Waals surface area contributed by atoms with Gasteiger partial charge in [-0.15, -0.1) is 0 Å². The third kappa shape index (κ3) is 5.20. The average molecular weight is 450 g/mol. The number of hydrogen-bond acceptors (Lipinski definition) is 6. The third-order valence-corrected chi connectivity index (χ3v) is 6.81. The number of esters is 1. The maximum Gasteiger partial charge on any atom is 0.338 e. The van der Waals surface area contributed by atoms with Crippen molar-refractivity contribution in [3.8, 4) is 5.75 Å². The normalized spacial score (nSPS) is 14.3. The van der Waals surface area contributed by atoms with Gasteiger partial charge < -0.3 is 14.8 Å². The van der Waals surface area contributed by atoms with E-state index < -0.39 is 34.3 Å². The van der Waals surface area contributed by atoms with Crippen LogP contribution in [0.4, 0.5) is 10.1 Å². The minimum Gasteiger partial charge on any atom is -0.495 e. The zero-order valence-corrected chi connectivity index (χ0v) is 18.0. The molecule has 166 valence electrons. The Hall–Kier alpha value is -2.98. The fourth-order valence-electron chi connectivity index (χ4n) is 3.20. The van der Waals surface area contributed by atoms with Crippen LogP contribution in [0, 0.1) is 12.7 Å². The summed E-state index contributed by atoms with van der Waals surface area (Å²) in [7, 11) is -2.49. The number of carbonyl (C=O) groups is 2. The van der Waals surface area contributed by atoms with Gasteiger partial charge in [-0.25, -0.2) is 17.6 Å². The number of hydrogen-bond donors (Lipinski definition) is 1. The standard InChI is InChI=1S/C21H23FN2O6S/c1-14-5-7-16(22)12-17(14)23-20(25)13-30-21(26)15-6-8-18(29-2)19(11-15)31(27,28)24-9-3-4-10-24/h5-8,11-12H,3-4,9-10,13H2,1-2H3,(H,23,25). The molecule has 2 aromatic carbocycles. The van der Waals surface area contributed by atoms with Crippen LogP contribution in [0.2, 0.25) is 0 Å². The highest BCUT2D eigenvalue weighted by molar-refractivity contribution is 7.89. The summed E-state index contributed by atoms with van der Waals surface area (Å²) in [5, 5.41) is 2.47. The zero-order valence-electron chi connectivity index (χ0n) is 17.2. The van der Waals surface area contributed by atoms with Crippen LogP contribution in [0.15, 0.2) is 41.3 Å². The first-order chi connectivity index (χ1) is 14.7. The average Bonchev–Trinajstić information content (AvgIpc) is 3.30. The number of nitrogens with one attached hydrogen (secondary N) is 1. The summed E-state index contributed by atoms with van der Waals surface area (Å²) in [6, 6.07) is 7.85. The van der Waals surface area contributed by atoms with Crippen LogP contribution in [0.25, 0.3) is 0 Å². The van der Waals surface area contributed by atoms with Crippen LogP contribution < -0.4 is 10.1 Å². The maximum absolute atomic E-state index is 13.3. The van der Waals surface area contributed by atoms with E-state index in [9.17, 15) is 22.4 Å². The Labute approximate surface area is 180 Å². The molecule has 3 rings (SSSR count). The minimum absolute atomic E-state index is 0.0340. The minimum atomic E-state index is -3.83. The molecule has 1 fully saturated rings. The van der Waals surface area contributed by atoms with Gasteiger partial charge in [0.1, 0.15) is 16.5 Å². The molecule has 0 saturated carbocycles. The monoisotopic (exact) mass is 450 g/mol. The highest BCUT2D eigenvalue weighted by Gasteiger charge is 2.31. The van der Waals surface area contributed by atoms with E-state index in [2.05, 4.69) is 5.32 Å². The first kappa shape index (κ1) is 22.7. The van der Waals surface area contributed by atoms with E-state index in [1.807, 2.05) is 0 Å². The summed E-state index contributed by atoms with van der Waals surface area (Å²) in [5.41, 5.74) is 0.880. The van der Waals surface area contributed by atoms with Crippen molar-refractivity contribution in [2.75, 3.05) is 32.1 Å². The molecule has 8 nitrogen and oxygen atoms in total. The second-order valence-electron chi connectivity index (χ2n) is 7.06. The van der Waals surface area contributed by atoms with E-state index in [1.165, 1.54) is 41.7 Å². The number of methoxy groups -OCH3 is 1. The van der Waals surface area contributed by atoms with Crippen LogP contribution in [0.5, 0.6) is 5.75 Å². The van der Waals surface area contributed by atoms with Crippen molar-refractivity contribution in [1.82, 2.24) is 4.31 Å². The summed E-state index contributed by atoms with van der Waals surface area (Å²) in [5.74, 6) is -1.92. The first-order valence-corrected chi connectivity index (χ1v) is 11.1. The van der Waals surface area contributed by atoms with Crippen molar-refractivity contribution in [2.45, 2.75) is 24.7 Å². The molecule has 0 radical (unpaired) electrons. The summed E-state index contributed by atoms with van der Waals surface area (Å²) in [6.45, 7) is 1.88. The Balaban J connectivity index is 1.71. The van der Waals surface area contributed by atoms with E-state index in [0.29, 0.717) is 18.7 Å². The molecular weight excluding hydrogens is 427 g/mol. The van der Waals surface area contributed by atoms with Crippen LogP contribution in [-0.2, 0) is 19.6 Å². The molecule has 1 aliphatic rings. The lowest BCUT2D eigenvalue weighted by atomic mass is 10.2. The topological polar surface area (TPSA) is 102 Å². The molecule has 1 heterocycles.